The maximum Gasteiger partial charge on any atom is 0.177 e. The number of carbonyl (C=O) groups is 1. The summed E-state index contributed by atoms with van der Waals surface area (Å²) in [6, 6.07) is 15.6. The van der Waals surface area contributed by atoms with Gasteiger partial charge >= 0.3 is 0 Å². The minimum atomic E-state index is -3.57. The average Bonchev–Trinajstić information content (AvgIpc) is 3.01. The van der Waals surface area contributed by atoms with E-state index in [9.17, 15) is 17.6 Å². The van der Waals surface area contributed by atoms with E-state index in [1.165, 1.54) is 12.1 Å². The third-order valence-electron chi connectivity index (χ3n) is 6.41. The molecule has 160 valence electrons. The molecule has 0 saturated carbocycles. The fourth-order valence-corrected chi connectivity index (χ4v) is 7.08. The lowest BCUT2D eigenvalue weighted by molar-refractivity contribution is -0.118. The molecule has 1 aliphatic carbocycles. The van der Waals surface area contributed by atoms with Gasteiger partial charge in [-0.1, -0.05) is 44.2 Å². The van der Waals surface area contributed by atoms with E-state index >= 15 is 0 Å². The topological polar surface area (TPSA) is 54.5 Å². The van der Waals surface area contributed by atoms with Crippen LogP contribution in [0.4, 0.5) is 10.1 Å². The zero-order chi connectivity index (χ0) is 22.0. The Kier molecular flexibility index (Phi) is 4.49. The maximum absolute atomic E-state index is 14.2. The van der Waals surface area contributed by atoms with Gasteiger partial charge in [0.05, 0.1) is 16.6 Å². The van der Waals surface area contributed by atoms with Crippen LogP contribution in [0, 0.1) is 11.2 Å². The van der Waals surface area contributed by atoms with Crippen LogP contribution in [0.5, 0.6) is 0 Å². The highest BCUT2D eigenvalue weighted by Gasteiger charge is 2.50. The third-order valence-corrected chi connectivity index (χ3v) is 8.29. The summed E-state index contributed by atoms with van der Waals surface area (Å²) in [7, 11) is -3.57. The van der Waals surface area contributed by atoms with Gasteiger partial charge in [0.2, 0.25) is 0 Å². The highest BCUT2D eigenvalue weighted by atomic mass is 32.2. The number of nitrogens with zero attached hydrogens (tertiary/aromatic N) is 1. The number of hydrogen-bond acceptors (Lipinski definition) is 4. The van der Waals surface area contributed by atoms with Crippen LogP contribution in [0.25, 0.3) is 0 Å². The lowest BCUT2D eigenvalue weighted by Gasteiger charge is -2.44. The van der Waals surface area contributed by atoms with Crippen LogP contribution < -0.4 is 4.90 Å². The van der Waals surface area contributed by atoms with Crippen molar-refractivity contribution in [1.29, 1.82) is 0 Å². The molecule has 6 heteroatoms. The first kappa shape index (κ1) is 20.2. The molecule has 0 saturated heterocycles. The molecule has 0 amide bonds. The van der Waals surface area contributed by atoms with Crippen molar-refractivity contribution in [1.82, 2.24) is 0 Å². The van der Waals surface area contributed by atoms with Crippen molar-refractivity contribution in [3.05, 3.63) is 87.9 Å². The number of halogens is 1. The highest BCUT2D eigenvalue weighted by Crippen LogP contribution is 2.54. The first-order valence-corrected chi connectivity index (χ1v) is 12.2. The molecular weight excluding hydrogens is 413 g/mol. The normalized spacial score (nSPS) is 24.3. The van der Waals surface area contributed by atoms with E-state index in [-0.39, 0.29) is 21.9 Å². The lowest BCUT2D eigenvalue weighted by Crippen LogP contribution is -2.39. The Morgan fingerprint density at radius 1 is 1.00 bits per heavy atom. The van der Waals surface area contributed by atoms with Gasteiger partial charge in [0.25, 0.3) is 0 Å². The molecule has 31 heavy (non-hydrogen) atoms. The van der Waals surface area contributed by atoms with Crippen molar-refractivity contribution in [2.45, 2.75) is 39.0 Å². The molecule has 2 aromatic carbocycles. The zero-order valence-corrected chi connectivity index (χ0v) is 18.4. The second-order valence-corrected chi connectivity index (χ2v) is 11.4. The Labute approximate surface area is 182 Å². The number of rotatable bonds is 2. The van der Waals surface area contributed by atoms with Gasteiger partial charge in [-0.15, -0.1) is 0 Å². The van der Waals surface area contributed by atoms with E-state index in [1.807, 2.05) is 35.2 Å². The van der Waals surface area contributed by atoms with Gasteiger partial charge < -0.3 is 4.90 Å². The summed E-state index contributed by atoms with van der Waals surface area (Å²) >= 11 is 0. The lowest BCUT2D eigenvalue weighted by atomic mass is 9.70. The van der Waals surface area contributed by atoms with Gasteiger partial charge in [-0.3, -0.25) is 4.79 Å². The molecule has 0 N–H and O–H groups in total. The fourth-order valence-electron chi connectivity index (χ4n) is 5.23. The molecule has 1 atom stereocenters. The molecule has 2 aromatic rings. The number of ketones is 1. The molecule has 2 aliphatic heterocycles. The van der Waals surface area contributed by atoms with Gasteiger partial charge in [0.1, 0.15) is 5.82 Å². The standard InChI is InChI=1S/C25H24FNO3S/c1-25(2)14-20-23(21(28)15-25)22(16-7-6-8-17(26)13-16)24-19(11-12-31(24,29)30)27(20)18-9-4-3-5-10-18/h3-10,13,22H,11-12,14-15H2,1-2H3. The number of allylic oxidation sites excluding steroid dienone is 4. The summed E-state index contributed by atoms with van der Waals surface area (Å²) < 4.78 is 40.6. The van der Waals surface area contributed by atoms with Crippen molar-refractivity contribution in [2.24, 2.45) is 5.41 Å². The van der Waals surface area contributed by atoms with Gasteiger partial charge in [-0.25, -0.2) is 12.8 Å². The number of hydrogen-bond donors (Lipinski definition) is 0. The van der Waals surface area contributed by atoms with Crippen LogP contribution >= 0.6 is 0 Å². The largest absolute Gasteiger partial charge is 0.316 e. The quantitative estimate of drug-likeness (QED) is 0.656. The van der Waals surface area contributed by atoms with Crippen molar-refractivity contribution >= 4 is 21.3 Å². The summed E-state index contributed by atoms with van der Waals surface area (Å²) in [5.74, 6) is -1.25. The highest BCUT2D eigenvalue weighted by molar-refractivity contribution is 7.95. The molecule has 0 fully saturated rings. The Bertz CT molecular complexity index is 1260. The summed E-state index contributed by atoms with van der Waals surface area (Å²) in [5.41, 5.74) is 3.18. The smallest absolute Gasteiger partial charge is 0.177 e. The Morgan fingerprint density at radius 2 is 1.74 bits per heavy atom. The molecule has 3 aliphatic rings. The molecule has 0 radical (unpaired) electrons. The van der Waals surface area contributed by atoms with Gasteiger partial charge in [0, 0.05) is 35.5 Å². The van der Waals surface area contributed by atoms with E-state index in [4.69, 9.17) is 0 Å². The van der Waals surface area contributed by atoms with E-state index in [0.717, 1.165) is 11.4 Å². The minimum absolute atomic E-state index is 0.00492. The fraction of sp³-hybridized carbons (Fsp3) is 0.320. The molecule has 4 nitrogen and oxygen atoms in total. The Balaban J connectivity index is 1.84. The van der Waals surface area contributed by atoms with Crippen LogP contribution in [0.15, 0.2) is 76.5 Å². The minimum Gasteiger partial charge on any atom is -0.316 e. The molecule has 0 aromatic heterocycles. The number of Topliss-reactive ketones (excluding diaryl/α,β-unsaturated/α-hetero) is 1. The monoisotopic (exact) mass is 437 g/mol. The van der Waals surface area contributed by atoms with Gasteiger partial charge in [-0.05, 0) is 41.7 Å². The van der Waals surface area contributed by atoms with Crippen molar-refractivity contribution < 1.29 is 17.6 Å². The van der Waals surface area contributed by atoms with Crippen molar-refractivity contribution in [2.75, 3.05) is 10.7 Å². The first-order chi connectivity index (χ1) is 14.7. The third kappa shape index (κ3) is 3.24. The van der Waals surface area contributed by atoms with E-state index in [2.05, 4.69) is 13.8 Å². The van der Waals surface area contributed by atoms with Gasteiger partial charge in [0.15, 0.2) is 15.6 Å². The van der Waals surface area contributed by atoms with E-state index < -0.39 is 21.6 Å². The second kappa shape index (κ2) is 6.89. The molecular formula is C25H24FNO3S. The molecule has 0 bridgehead atoms. The van der Waals surface area contributed by atoms with Crippen LogP contribution in [-0.2, 0) is 14.6 Å². The second-order valence-electron chi connectivity index (χ2n) is 9.34. The summed E-state index contributed by atoms with van der Waals surface area (Å²) in [6.45, 7) is 4.12. The van der Waals surface area contributed by atoms with Crippen molar-refractivity contribution in [3.63, 3.8) is 0 Å². The van der Waals surface area contributed by atoms with Crippen molar-refractivity contribution in [3.8, 4) is 0 Å². The zero-order valence-electron chi connectivity index (χ0n) is 17.6. The number of benzene rings is 2. The molecule has 5 rings (SSSR count). The average molecular weight is 438 g/mol. The summed E-state index contributed by atoms with van der Waals surface area (Å²) in [4.78, 5) is 15.7. The maximum atomic E-state index is 14.2. The first-order valence-electron chi connectivity index (χ1n) is 10.5. The van der Waals surface area contributed by atoms with Gasteiger partial charge in [-0.2, -0.15) is 0 Å². The molecule has 1 unspecified atom stereocenters. The van der Waals surface area contributed by atoms with Crippen LogP contribution in [0.2, 0.25) is 0 Å². The SMILES string of the molecule is CC1(C)CC(=O)C2=C(C1)N(c1ccccc1)C1=C(C2c2cccc(F)c2)S(=O)(=O)CC1. The van der Waals surface area contributed by atoms with E-state index in [0.29, 0.717) is 36.1 Å². The summed E-state index contributed by atoms with van der Waals surface area (Å²) in [5, 5.41) is 0. The number of sulfone groups is 1. The van der Waals surface area contributed by atoms with Crippen LogP contribution in [-0.4, -0.2) is 20.0 Å². The number of para-hydroxylation sites is 1. The Morgan fingerprint density at radius 3 is 2.45 bits per heavy atom. The Hall–Kier alpha value is -2.73. The predicted molar refractivity (Wildman–Crippen MR) is 119 cm³/mol. The van der Waals surface area contributed by atoms with Crippen LogP contribution in [0.3, 0.4) is 0 Å². The number of carbonyl (C=O) groups excluding carboxylic acids is 1. The summed E-state index contributed by atoms with van der Waals surface area (Å²) in [6.07, 6.45) is 1.36. The molecule has 2 heterocycles. The number of anilines is 1. The van der Waals surface area contributed by atoms with Crippen LogP contribution in [0.1, 0.15) is 44.6 Å². The predicted octanol–water partition coefficient (Wildman–Crippen LogP) is 5.10. The van der Waals surface area contributed by atoms with E-state index in [1.54, 1.807) is 12.1 Å². The molecule has 0 spiro atoms.